The van der Waals surface area contributed by atoms with Crippen LogP contribution >= 0.6 is 11.8 Å². The van der Waals surface area contributed by atoms with Crippen LogP contribution < -0.4 is 5.73 Å². The zero-order valence-electron chi connectivity index (χ0n) is 7.92. The predicted molar refractivity (Wildman–Crippen MR) is 61.1 cm³/mol. The van der Waals surface area contributed by atoms with Gasteiger partial charge in [-0.3, -0.25) is 0 Å². The second-order valence-electron chi connectivity index (χ2n) is 2.97. The highest BCUT2D eigenvalue weighted by Gasteiger charge is 1.98. The Hall–Kier alpha value is -0.890. The van der Waals surface area contributed by atoms with Gasteiger partial charge < -0.3 is 5.73 Å². The third-order valence-corrected chi connectivity index (χ3v) is 2.87. The molecule has 1 aromatic rings. The summed E-state index contributed by atoms with van der Waals surface area (Å²) < 4.78 is 0. The lowest BCUT2D eigenvalue weighted by Crippen LogP contribution is -1.89. The highest BCUT2D eigenvalue weighted by Crippen LogP contribution is 2.26. The van der Waals surface area contributed by atoms with Gasteiger partial charge >= 0.3 is 0 Å². The zero-order chi connectivity index (χ0) is 9.68. The molecule has 0 saturated heterocycles. The van der Waals surface area contributed by atoms with Crippen LogP contribution in [0.5, 0.6) is 0 Å². The molecule has 0 spiro atoms. The topological polar surface area (TPSA) is 26.0 Å². The van der Waals surface area contributed by atoms with Crippen LogP contribution in [0.2, 0.25) is 0 Å². The van der Waals surface area contributed by atoms with Gasteiger partial charge in [0.1, 0.15) is 0 Å². The number of rotatable bonds is 4. The molecule has 0 fully saturated rings. The minimum atomic E-state index is 0.883. The maximum absolute atomic E-state index is 5.86. The van der Waals surface area contributed by atoms with Crippen LogP contribution in [0.15, 0.2) is 35.7 Å². The summed E-state index contributed by atoms with van der Waals surface area (Å²) in [5.41, 5.74) is 7.95. The molecule has 0 aromatic heterocycles. The number of nitrogen functional groups attached to an aromatic ring is 1. The van der Waals surface area contributed by atoms with Crippen LogP contribution in [0, 0.1) is 6.92 Å². The van der Waals surface area contributed by atoms with Crippen LogP contribution in [0.25, 0.3) is 0 Å². The Bertz CT molecular complexity index is 294. The van der Waals surface area contributed by atoms with E-state index in [1.165, 1.54) is 10.5 Å². The van der Waals surface area contributed by atoms with Gasteiger partial charge in [0.25, 0.3) is 0 Å². The van der Waals surface area contributed by atoms with E-state index in [0.29, 0.717) is 0 Å². The van der Waals surface area contributed by atoms with E-state index >= 15 is 0 Å². The average molecular weight is 193 g/mol. The van der Waals surface area contributed by atoms with Crippen molar-refractivity contribution in [3.8, 4) is 0 Å². The maximum Gasteiger partial charge on any atom is 0.0454 e. The summed E-state index contributed by atoms with van der Waals surface area (Å²) in [6.45, 7) is 5.73. The van der Waals surface area contributed by atoms with Crippen LogP contribution in [0.1, 0.15) is 12.0 Å². The summed E-state index contributed by atoms with van der Waals surface area (Å²) in [5.74, 6) is 1.05. The first-order valence-electron chi connectivity index (χ1n) is 4.34. The smallest absolute Gasteiger partial charge is 0.0454 e. The molecular formula is C11H15NS. The lowest BCUT2D eigenvalue weighted by Gasteiger charge is -2.04. The zero-order valence-corrected chi connectivity index (χ0v) is 8.73. The number of hydrogen-bond acceptors (Lipinski definition) is 2. The second kappa shape index (κ2) is 4.97. The molecule has 0 unspecified atom stereocenters. The largest absolute Gasteiger partial charge is 0.398 e. The molecule has 0 aliphatic rings. The Labute approximate surface area is 84.0 Å². The van der Waals surface area contributed by atoms with Crippen LogP contribution in [-0.2, 0) is 0 Å². The second-order valence-corrected chi connectivity index (χ2v) is 4.10. The van der Waals surface area contributed by atoms with Gasteiger partial charge in [0.2, 0.25) is 0 Å². The number of anilines is 1. The minimum Gasteiger partial charge on any atom is -0.398 e. The fourth-order valence-corrected chi connectivity index (χ4v) is 1.95. The molecule has 13 heavy (non-hydrogen) atoms. The van der Waals surface area contributed by atoms with Crippen molar-refractivity contribution in [3.05, 3.63) is 36.4 Å². The molecule has 0 heterocycles. The number of allylic oxidation sites excluding steroid dienone is 1. The molecule has 1 rings (SSSR count). The molecule has 70 valence electrons. The van der Waals surface area contributed by atoms with E-state index < -0.39 is 0 Å². The first-order chi connectivity index (χ1) is 6.24. The van der Waals surface area contributed by atoms with Crippen molar-refractivity contribution in [3.63, 3.8) is 0 Å². The van der Waals surface area contributed by atoms with Gasteiger partial charge in [0, 0.05) is 16.3 Å². The number of hydrogen-bond donors (Lipinski definition) is 1. The predicted octanol–water partition coefficient (Wildman–Crippen LogP) is 3.25. The van der Waals surface area contributed by atoms with E-state index in [4.69, 9.17) is 5.73 Å². The highest BCUT2D eigenvalue weighted by atomic mass is 32.2. The Morgan fingerprint density at radius 2 is 2.31 bits per heavy atom. The van der Waals surface area contributed by atoms with Crippen molar-refractivity contribution in [1.29, 1.82) is 0 Å². The Morgan fingerprint density at radius 3 is 2.92 bits per heavy atom. The third-order valence-electron chi connectivity index (χ3n) is 1.74. The van der Waals surface area contributed by atoms with Gasteiger partial charge in [-0.2, -0.15) is 0 Å². The first kappa shape index (κ1) is 10.2. The molecule has 1 aromatic carbocycles. The SMILES string of the molecule is C=CCCSc1ccc(C)cc1N. The van der Waals surface area contributed by atoms with E-state index in [2.05, 4.69) is 25.6 Å². The Kier molecular flexibility index (Phi) is 3.90. The lowest BCUT2D eigenvalue weighted by molar-refractivity contribution is 1.24. The highest BCUT2D eigenvalue weighted by molar-refractivity contribution is 7.99. The van der Waals surface area contributed by atoms with E-state index in [0.717, 1.165) is 17.9 Å². The number of benzene rings is 1. The van der Waals surface area contributed by atoms with Crippen molar-refractivity contribution in [1.82, 2.24) is 0 Å². The van der Waals surface area contributed by atoms with Crippen molar-refractivity contribution in [2.75, 3.05) is 11.5 Å². The van der Waals surface area contributed by atoms with Crippen molar-refractivity contribution >= 4 is 17.4 Å². The van der Waals surface area contributed by atoms with E-state index in [1.54, 1.807) is 11.8 Å². The fraction of sp³-hybridized carbons (Fsp3) is 0.273. The van der Waals surface area contributed by atoms with Crippen molar-refractivity contribution < 1.29 is 0 Å². The van der Waals surface area contributed by atoms with Gasteiger partial charge in [-0.1, -0.05) is 12.1 Å². The Morgan fingerprint density at radius 1 is 1.54 bits per heavy atom. The molecule has 0 amide bonds. The monoisotopic (exact) mass is 193 g/mol. The van der Waals surface area contributed by atoms with Crippen molar-refractivity contribution in [2.24, 2.45) is 0 Å². The first-order valence-corrected chi connectivity index (χ1v) is 5.32. The summed E-state index contributed by atoms with van der Waals surface area (Å²) >= 11 is 1.78. The summed E-state index contributed by atoms with van der Waals surface area (Å²) in [4.78, 5) is 1.17. The molecular weight excluding hydrogens is 178 g/mol. The maximum atomic E-state index is 5.86. The summed E-state index contributed by atoms with van der Waals surface area (Å²) in [6.07, 6.45) is 2.95. The molecule has 2 heteroatoms. The molecule has 0 atom stereocenters. The fourth-order valence-electron chi connectivity index (χ4n) is 1.05. The minimum absolute atomic E-state index is 0.883. The standard InChI is InChI=1S/C11H15NS/c1-3-4-7-13-11-6-5-9(2)8-10(11)12/h3,5-6,8H,1,4,7,12H2,2H3. The lowest BCUT2D eigenvalue weighted by atomic mass is 10.2. The molecule has 0 aliphatic heterocycles. The normalized spacial score (nSPS) is 9.92. The molecule has 1 nitrogen and oxygen atoms in total. The summed E-state index contributed by atoms with van der Waals surface area (Å²) in [5, 5.41) is 0. The van der Waals surface area contributed by atoms with Crippen LogP contribution in [0.3, 0.4) is 0 Å². The van der Waals surface area contributed by atoms with E-state index in [1.807, 2.05) is 12.1 Å². The van der Waals surface area contributed by atoms with Crippen LogP contribution in [-0.4, -0.2) is 5.75 Å². The van der Waals surface area contributed by atoms with Gasteiger partial charge in [0.15, 0.2) is 0 Å². The van der Waals surface area contributed by atoms with Crippen molar-refractivity contribution in [2.45, 2.75) is 18.2 Å². The number of thioether (sulfide) groups is 1. The van der Waals surface area contributed by atoms with Gasteiger partial charge in [-0.25, -0.2) is 0 Å². The number of aryl methyl sites for hydroxylation is 1. The van der Waals surface area contributed by atoms with Gasteiger partial charge in [-0.15, -0.1) is 18.3 Å². The quantitative estimate of drug-likeness (QED) is 0.344. The van der Waals surface area contributed by atoms with Crippen LogP contribution in [0.4, 0.5) is 5.69 Å². The molecule has 0 bridgehead atoms. The molecule has 0 radical (unpaired) electrons. The van der Waals surface area contributed by atoms with E-state index in [9.17, 15) is 0 Å². The summed E-state index contributed by atoms with van der Waals surface area (Å²) in [7, 11) is 0. The molecule has 0 aliphatic carbocycles. The number of nitrogens with two attached hydrogens (primary N) is 1. The third kappa shape index (κ3) is 3.15. The Balaban J connectivity index is 2.61. The average Bonchev–Trinajstić information content (AvgIpc) is 2.09. The van der Waals surface area contributed by atoms with E-state index in [-0.39, 0.29) is 0 Å². The molecule has 2 N–H and O–H groups in total. The summed E-state index contributed by atoms with van der Waals surface area (Å²) in [6, 6.07) is 6.18. The van der Waals surface area contributed by atoms with Gasteiger partial charge in [-0.05, 0) is 31.0 Å². The molecule has 0 saturated carbocycles. The van der Waals surface area contributed by atoms with Gasteiger partial charge in [0.05, 0.1) is 0 Å².